The van der Waals surface area contributed by atoms with Crippen molar-refractivity contribution < 1.29 is 9.66 Å². The fraction of sp³-hybridized carbons (Fsp3) is 0.600. The second-order valence-corrected chi connectivity index (χ2v) is 4.77. The van der Waals surface area contributed by atoms with Gasteiger partial charge in [0.1, 0.15) is 5.16 Å². The number of ether oxygens (including phenoxy) is 1. The smallest absolute Gasteiger partial charge is 0.330 e. The van der Waals surface area contributed by atoms with E-state index in [1.165, 1.54) is 0 Å². The van der Waals surface area contributed by atoms with Gasteiger partial charge in [-0.1, -0.05) is 23.2 Å². The summed E-state index contributed by atoms with van der Waals surface area (Å²) < 4.78 is 5.20. The highest BCUT2D eigenvalue weighted by atomic mass is 35.5. The van der Waals surface area contributed by atoms with Crippen LogP contribution in [-0.4, -0.2) is 49.2 Å². The molecule has 2 aliphatic heterocycles. The summed E-state index contributed by atoms with van der Waals surface area (Å²) in [5.74, 6) is 0.307. The van der Waals surface area contributed by atoms with Gasteiger partial charge in [0.05, 0.1) is 18.1 Å². The maximum Gasteiger partial charge on any atom is 0.330 e. The first-order valence-corrected chi connectivity index (χ1v) is 6.61. The molecule has 0 aromatic carbocycles. The number of nitro groups is 1. The Morgan fingerprint density at radius 2 is 1.84 bits per heavy atom. The molecule has 2 heterocycles. The zero-order valence-electron chi connectivity index (χ0n) is 10.1. The van der Waals surface area contributed by atoms with Gasteiger partial charge in [0, 0.05) is 26.2 Å². The summed E-state index contributed by atoms with van der Waals surface area (Å²) in [5, 5.41) is 17.0. The van der Waals surface area contributed by atoms with Crippen LogP contribution in [0.5, 0.6) is 0 Å². The summed E-state index contributed by atoms with van der Waals surface area (Å²) in [6, 6.07) is 0. The van der Waals surface area contributed by atoms with E-state index in [2.05, 4.69) is 10.6 Å². The molecule has 0 radical (unpaired) electrons. The molecule has 0 unspecified atom stereocenters. The van der Waals surface area contributed by atoms with Crippen LogP contribution in [0.3, 0.4) is 0 Å². The topological polar surface area (TPSA) is 79.7 Å². The Kier molecular flexibility index (Phi) is 4.73. The Hall–Kier alpha value is -1.18. The van der Waals surface area contributed by atoms with E-state index in [-0.39, 0.29) is 15.9 Å². The molecule has 2 rings (SSSR count). The van der Waals surface area contributed by atoms with Crippen molar-refractivity contribution >= 4 is 23.2 Å². The van der Waals surface area contributed by atoms with Gasteiger partial charge in [0.25, 0.3) is 0 Å². The molecule has 0 saturated carbocycles. The first-order valence-electron chi connectivity index (χ1n) is 5.86. The molecule has 2 aliphatic rings. The predicted molar refractivity (Wildman–Crippen MR) is 71.1 cm³/mol. The van der Waals surface area contributed by atoms with Gasteiger partial charge in [-0.3, -0.25) is 10.1 Å². The minimum absolute atomic E-state index is 0.0644. The zero-order valence-corrected chi connectivity index (χ0v) is 11.6. The minimum Gasteiger partial charge on any atom is -0.378 e. The van der Waals surface area contributed by atoms with Gasteiger partial charge < -0.3 is 20.3 Å². The predicted octanol–water partition coefficient (Wildman–Crippen LogP) is 0.604. The van der Waals surface area contributed by atoms with E-state index < -0.39 is 4.92 Å². The van der Waals surface area contributed by atoms with Gasteiger partial charge in [-0.25, -0.2) is 0 Å². The number of halogens is 2. The molecule has 19 heavy (non-hydrogen) atoms. The van der Waals surface area contributed by atoms with Crippen LogP contribution in [-0.2, 0) is 4.74 Å². The summed E-state index contributed by atoms with van der Waals surface area (Å²) in [7, 11) is 0. The number of morpholine rings is 1. The highest BCUT2D eigenvalue weighted by Crippen LogP contribution is 2.27. The molecule has 0 bridgehead atoms. The van der Waals surface area contributed by atoms with Crippen molar-refractivity contribution in [3.8, 4) is 0 Å². The lowest BCUT2D eigenvalue weighted by molar-refractivity contribution is -0.421. The van der Waals surface area contributed by atoms with Crippen molar-refractivity contribution in [1.29, 1.82) is 0 Å². The molecule has 106 valence electrons. The van der Waals surface area contributed by atoms with Crippen LogP contribution in [0.4, 0.5) is 0 Å². The fourth-order valence-corrected chi connectivity index (χ4v) is 2.42. The zero-order chi connectivity index (χ0) is 13.8. The highest BCUT2D eigenvalue weighted by Gasteiger charge is 2.29. The molecule has 0 aliphatic carbocycles. The average molecular weight is 309 g/mol. The van der Waals surface area contributed by atoms with Crippen LogP contribution < -0.4 is 10.6 Å². The maximum absolute atomic E-state index is 11.2. The van der Waals surface area contributed by atoms with Crippen LogP contribution in [0.1, 0.15) is 0 Å². The van der Waals surface area contributed by atoms with Crippen molar-refractivity contribution in [1.82, 2.24) is 15.5 Å². The number of nitrogens with zero attached hydrogens (tertiary/aromatic N) is 2. The standard InChI is InChI=1S/C10H14Cl2N4O3/c11-7(9(12)15-3-5-19-6-4-15)8(16(17)18)10-13-1-2-14-10/h13-14H,1-6H2/b9-7-. The van der Waals surface area contributed by atoms with Gasteiger partial charge >= 0.3 is 5.70 Å². The second-order valence-electron chi connectivity index (χ2n) is 4.04. The molecule has 0 spiro atoms. The number of hydrogen-bond donors (Lipinski definition) is 2. The SMILES string of the molecule is O=[N+]([O-])C(=C1NCCN1)/C(Cl)=C(\Cl)N1CCOCC1. The molecule has 2 N–H and O–H groups in total. The van der Waals surface area contributed by atoms with Crippen LogP contribution in [0, 0.1) is 10.1 Å². The largest absolute Gasteiger partial charge is 0.378 e. The number of hydrogen-bond acceptors (Lipinski definition) is 6. The molecule has 0 aromatic heterocycles. The molecule has 0 amide bonds. The maximum atomic E-state index is 11.2. The van der Waals surface area contributed by atoms with Crippen molar-refractivity contribution in [2.75, 3.05) is 39.4 Å². The van der Waals surface area contributed by atoms with Crippen LogP contribution in [0.2, 0.25) is 0 Å². The van der Waals surface area contributed by atoms with Crippen LogP contribution in [0.25, 0.3) is 0 Å². The summed E-state index contributed by atoms with van der Waals surface area (Å²) >= 11 is 12.2. The Morgan fingerprint density at radius 1 is 1.26 bits per heavy atom. The van der Waals surface area contributed by atoms with Gasteiger partial charge in [-0.15, -0.1) is 0 Å². The van der Waals surface area contributed by atoms with E-state index >= 15 is 0 Å². The first kappa shape index (κ1) is 14.2. The third kappa shape index (κ3) is 3.23. The van der Waals surface area contributed by atoms with E-state index in [0.717, 1.165) is 0 Å². The summed E-state index contributed by atoms with van der Waals surface area (Å²) in [6.45, 7) is 3.42. The first-order chi connectivity index (χ1) is 9.11. The Balaban J connectivity index is 2.29. The van der Waals surface area contributed by atoms with Gasteiger partial charge in [0.15, 0.2) is 10.9 Å². The molecule has 7 nitrogen and oxygen atoms in total. The minimum atomic E-state index is -0.536. The Labute approximate surface area is 120 Å². The second kappa shape index (κ2) is 6.31. The lowest BCUT2D eigenvalue weighted by Crippen LogP contribution is -2.35. The van der Waals surface area contributed by atoms with Gasteiger partial charge in [-0.05, 0) is 0 Å². The fourth-order valence-electron chi connectivity index (χ4n) is 1.88. The van der Waals surface area contributed by atoms with E-state index in [4.69, 9.17) is 27.9 Å². The van der Waals surface area contributed by atoms with E-state index in [1.807, 2.05) is 0 Å². The average Bonchev–Trinajstić information content (AvgIpc) is 2.92. The van der Waals surface area contributed by atoms with Gasteiger partial charge in [0.2, 0.25) is 0 Å². The molecule has 2 saturated heterocycles. The molecule has 9 heteroatoms. The third-order valence-corrected chi connectivity index (χ3v) is 3.71. The quantitative estimate of drug-likeness (QED) is 0.452. The molecular formula is C10H14Cl2N4O3. The number of allylic oxidation sites excluding steroid dienone is 1. The van der Waals surface area contributed by atoms with Crippen molar-refractivity contribution in [2.45, 2.75) is 0 Å². The van der Waals surface area contributed by atoms with Crippen LogP contribution >= 0.6 is 23.2 Å². The van der Waals surface area contributed by atoms with Gasteiger partial charge in [-0.2, -0.15) is 0 Å². The van der Waals surface area contributed by atoms with Crippen molar-refractivity contribution in [3.05, 3.63) is 31.8 Å². The van der Waals surface area contributed by atoms with E-state index in [1.54, 1.807) is 4.90 Å². The number of nitrogens with one attached hydrogen (secondary N) is 2. The lowest BCUT2D eigenvalue weighted by atomic mass is 10.3. The molecule has 0 atom stereocenters. The Morgan fingerprint density at radius 3 is 2.37 bits per heavy atom. The number of rotatable bonds is 3. The summed E-state index contributed by atoms with van der Waals surface area (Å²) in [6.07, 6.45) is 0. The molecule has 0 aromatic rings. The molecule has 2 fully saturated rings. The van der Waals surface area contributed by atoms with Crippen LogP contribution in [0.15, 0.2) is 21.7 Å². The summed E-state index contributed by atoms with van der Waals surface area (Å²) in [5.41, 5.74) is -0.226. The van der Waals surface area contributed by atoms with E-state index in [0.29, 0.717) is 45.2 Å². The normalized spacial score (nSPS) is 20.5. The van der Waals surface area contributed by atoms with E-state index in [9.17, 15) is 10.1 Å². The van der Waals surface area contributed by atoms with Crippen molar-refractivity contribution in [3.63, 3.8) is 0 Å². The molecular weight excluding hydrogens is 295 g/mol. The third-order valence-electron chi connectivity index (χ3n) is 2.83. The Bertz CT molecular complexity index is 424. The van der Waals surface area contributed by atoms with Crippen molar-refractivity contribution in [2.24, 2.45) is 0 Å². The summed E-state index contributed by atoms with van der Waals surface area (Å²) in [4.78, 5) is 12.4. The monoisotopic (exact) mass is 308 g/mol. The lowest BCUT2D eigenvalue weighted by Gasteiger charge is -2.28. The highest BCUT2D eigenvalue weighted by molar-refractivity contribution is 6.40.